The number of aliphatic hydroxyl groups is 1. The van der Waals surface area contributed by atoms with E-state index in [9.17, 15) is 9.50 Å². The van der Waals surface area contributed by atoms with Crippen LogP contribution in [-0.2, 0) is 22.6 Å². The van der Waals surface area contributed by atoms with Crippen molar-refractivity contribution in [2.24, 2.45) is 0 Å². The van der Waals surface area contributed by atoms with E-state index >= 15 is 0 Å². The van der Waals surface area contributed by atoms with E-state index < -0.39 is 6.10 Å². The van der Waals surface area contributed by atoms with Crippen LogP contribution in [0, 0.1) is 18.2 Å². The molecule has 2 aromatic carbocycles. The molecule has 1 unspecified atom stereocenters. The summed E-state index contributed by atoms with van der Waals surface area (Å²) in [5.74, 6) is 2.82. The number of nitrogens with zero attached hydrogens (tertiary/aromatic N) is 3. The maximum Gasteiger partial charge on any atom is 0.232 e. The number of rotatable bonds is 11. The predicted octanol–water partition coefficient (Wildman–Crippen LogP) is 3.33. The van der Waals surface area contributed by atoms with Crippen molar-refractivity contribution < 1.29 is 23.5 Å². The normalized spacial score (nSPS) is 14.7. The van der Waals surface area contributed by atoms with Gasteiger partial charge in [-0.1, -0.05) is 53.5 Å². The SMILES string of the molecule is C#CCOCC(O)CN(Cc1ccc(F)cc1)Cc1c(-c2ccccc2)noc1N1CCOCC1. The van der Waals surface area contributed by atoms with Crippen LogP contribution in [0.1, 0.15) is 11.1 Å². The molecule has 1 N–H and O–H groups in total. The van der Waals surface area contributed by atoms with Gasteiger partial charge in [0.15, 0.2) is 0 Å². The Labute approximate surface area is 205 Å². The highest BCUT2D eigenvalue weighted by Crippen LogP contribution is 2.33. The van der Waals surface area contributed by atoms with Crippen LogP contribution in [0.5, 0.6) is 0 Å². The van der Waals surface area contributed by atoms with E-state index in [1.54, 1.807) is 12.1 Å². The molecule has 0 amide bonds. The maximum atomic E-state index is 13.5. The smallest absolute Gasteiger partial charge is 0.232 e. The second-order valence-electron chi connectivity index (χ2n) is 8.45. The summed E-state index contributed by atoms with van der Waals surface area (Å²) in [6.45, 7) is 4.18. The zero-order valence-corrected chi connectivity index (χ0v) is 19.6. The fraction of sp³-hybridized carbons (Fsp3) is 0.370. The standard InChI is InChI=1S/C27H30FN3O4/c1-2-14-34-20-24(32)18-30(17-21-8-10-23(28)11-9-21)19-25-26(22-6-4-3-5-7-22)29-35-27(25)31-12-15-33-16-13-31/h1,3-11,24,32H,12-20H2. The van der Waals surface area contributed by atoms with Crippen LogP contribution >= 0.6 is 0 Å². The van der Waals surface area contributed by atoms with Gasteiger partial charge in [0.05, 0.1) is 31.5 Å². The van der Waals surface area contributed by atoms with E-state index in [0.29, 0.717) is 51.8 Å². The average molecular weight is 480 g/mol. The summed E-state index contributed by atoms with van der Waals surface area (Å²) in [6.07, 6.45) is 4.50. The molecule has 0 spiro atoms. The number of aliphatic hydroxyl groups excluding tert-OH is 1. The Hall–Kier alpha value is -3.22. The Morgan fingerprint density at radius 3 is 2.57 bits per heavy atom. The van der Waals surface area contributed by atoms with Crippen LogP contribution in [-0.4, -0.2) is 67.3 Å². The van der Waals surface area contributed by atoms with E-state index in [-0.39, 0.29) is 19.0 Å². The topological polar surface area (TPSA) is 71.2 Å². The third kappa shape index (κ3) is 6.90. The summed E-state index contributed by atoms with van der Waals surface area (Å²) in [5.41, 5.74) is 3.56. The highest BCUT2D eigenvalue weighted by atomic mass is 19.1. The molecule has 8 heteroatoms. The number of morpholine rings is 1. The van der Waals surface area contributed by atoms with Gasteiger partial charge in [-0.15, -0.1) is 6.42 Å². The molecule has 4 rings (SSSR count). The molecular weight excluding hydrogens is 449 g/mol. The fourth-order valence-electron chi connectivity index (χ4n) is 4.14. The lowest BCUT2D eigenvalue weighted by atomic mass is 10.1. The summed E-state index contributed by atoms with van der Waals surface area (Å²) in [5, 5.41) is 15.1. The zero-order chi connectivity index (χ0) is 24.5. The van der Waals surface area contributed by atoms with Gasteiger partial charge in [-0.3, -0.25) is 4.90 Å². The van der Waals surface area contributed by atoms with Crippen molar-refractivity contribution in [2.45, 2.75) is 19.2 Å². The molecule has 7 nitrogen and oxygen atoms in total. The molecule has 1 saturated heterocycles. The minimum atomic E-state index is -0.754. The summed E-state index contributed by atoms with van der Waals surface area (Å²) in [6, 6.07) is 16.3. The lowest BCUT2D eigenvalue weighted by Crippen LogP contribution is -2.38. The monoisotopic (exact) mass is 479 g/mol. The second-order valence-corrected chi connectivity index (χ2v) is 8.45. The molecule has 1 aromatic heterocycles. The van der Waals surface area contributed by atoms with Crippen molar-refractivity contribution in [3.8, 4) is 23.6 Å². The third-order valence-corrected chi connectivity index (χ3v) is 5.78. The van der Waals surface area contributed by atoms with Gasteiger partial charge < -0.3 is 24.0 Å². The summed E-state index contributed by atoms with van der Waals surface area (Å²) in [4.78, 5) is 4.22. The van der Waals surface area contributed by atoms with Crippen LogP contribution < -0.4 is 4.90 Å². The first-order chi connectivity index (χ1) is 17.1. The second kappa shape index (κ2) is 12.5. The largest absolute Gasteiger partial charge is 0.389 e. The molecule has 184 valence electrons. The maximum absolute atomic E-state index is 13.5. The average Bonchev–Trinajstić information content (AvgIpc) is 3.30. The molecule has 0 bridgehead atoms. The lowest BCUT2D eigenvalue weighted by molar-refractivity contribution is 0.0243. The number of hydrogen-bond acceptors (Lipinski definition) is 7. The van der Waals surface area contributed by atoms with Gasteiger partial charge >= 0.3 is 0 Å². The van der Waals surface area contributed by atoms with Crippen molar-refractivity contribution >= 4 is 5.88 Å². The Bertz CT molecular complexity index is 1090. The third-order valence-electron chi connectivity index (χ3n) is 5.78. The molecule has 1 aliphatic heterocycles. The Balaban J connectivity index is 1.63. The molecule has 35 heavy (non-hydrogen) atoms. The summed E-state index contributed by atoms with van der Waals surface area (Å²) >= 11 is 0. The highest BCUT2D eigenvalue weighted by molar-refractivity contribution is 5.68. The van der Waals surface area contributed by atoms with E-state index in [0.717, 1.165) is 22.4 Å². The minimum absolute atomic E-state index is 0.121. The fourth-order valence-corrected chi connectivity index (χ4v) is 4.14. The molecular formula is C27H30FN3O4. The van der Waals surface area contributed by atoms with E-state index in [4.69, 9.17) is 20.4 Å². The van der Waals surface area contributed by atoms with Crippen LogP contribution in [0.15, 0.2) is 59.1 Å². The van der Waals surface area contributed by atoms with Gasteiger partial charge in [-0.05, 0) is 17.7 Å². The Morgan fingerprint density at radius 2 is 1.86 bits per heavy atom. The van der Waals surface area contributed by atoms with Crippen LogP contribution in [0.2, 0.25) is 0 Å². The molecule has 1 atom stereocenters. The first-order valence-electron chi connectivity index (χ1n) is 11.7. The van der Waals surface area contributed by atoms with Crippen LogP contribution in [0.3, 0.4) is 0 Å². The van der Waals surface area contributed by atoms with Crippen molar-refractivity contribution in [1.82, 2.24) is 10.1 Å². The molecule has 1 aliphatic rings. The summed E-state index contributed by atoms with van der Waals surface area (Å²) in [7, 11) is 0. The van der Waals surface area contributed by atoms with Crippen molar-refractivity contribution in [2.75, 3.05) is 51.0 Å². The van der Waals surface area contributed by atoms with Gasteiger partial charge in [0.25, 0.3) is 0 Å². The van der Waals surface area contributed by atoms with E-state index in [1.807, 2.05) is 30.3 Å². The number of benzene rings is 2. The molecule has 2 heterocycles. The first kappa shape index (κ1) is 24.9. The Morgan fingerprint density at radius 1 is 1.11 bits per heavy atom. The van der Waals surface area contributed by atoms with Crippen LogP contribution in [0.4, 0.5) is 10.3 Å². The van der Waals surface area contributed by atoms with Gasteiger partial charge in [-0.2, -0.15) is 0 Å². The molecule has 1 fully saturated rings. The minimum Gasteiger partial charge on any atom is -0.389 e. The number of hydrogen-bond donors (Lipinski definition) is 1. The lowest BCUT2D eigenvalue weighted by Gasteiger charge is -2.29. The molecule has 3 aromatic rings. The van der Waals surface area contributed by atoms with Gasteiger partial charge in [0.2, 0.25) is 5.88 Å². The summed E-state index contributed by atoms with van der Waals surface area (Å²) < 4.78 is 30.2. The highest BCUT2D eigenvalue weighted by Gasteiger charge is 2.26. The molecule has 0 aliphatic carbocycles. The quantitative estimate of drug-likeness (QED) is 0.334. The van der Waals surface area contributed by atoms with Gasteiger partial charge in [-0.25, -0.2) is 4.39 Å². The molecule has 0 saturated carbocycles. The zero-order valence-electron chi connectivity index (χ0n) is 19.6. The number of aromatic nitrogens is 1. The first-order valence-corrected chi connectivity index (χ1v) is 11.7. The molecule has 0 radical (unpaired) electrons. The van der Waals surface area contributed by atoms with Crippen molar-refractivity contribution in [3.63, 3.8) is 0 Å². The van der Waals surface area contributed by atoms with Gasteiger partial charge in [0, 0.05) is 38.3 Å². The van der Waals surface area contributed by atoms with E-state index in [2.05, 4.69) is 20.9 Å². The van der Waals surface area contributed by atoms with Crippen LogP contribution in [0.25, 0.3) is 11.3 Å². The van der Waals surface area contributed by atoms with Crippen molar-refractivity contribution in [1.29, 1.82) is 0 Å². The number of terminal acetylenes is 1. The van der Waals surface area contributed by atoms with Gasteiger partial charge in [0.1, 0.15) is 18.1 Å². The Kier molecular flexibility index (Phi) is 8.87. The number of ether oxygens (including phenoxy) is 2. The van der Waals surface area contributed by atoms with E-state index in [1.165, 1.54) is 12.1 Å². The van der Waals surface area contributed by atoms with Crippen molar-refractivity contribution in [3.05, 3.63) is 71.5 Å². The number of anilines is 1. The predicted molar refractivity (Wildman–Crippen MR) is 131 cm³/mol. The number of halogens is 1.